The zero-order chi connectivity index (χ0) is 11.0. The Morgan fingerprint density at radius 3 is 2.75 bits per heavy atom. The van der Waals surface area contributed by atoms with E-state index < -0.39 is 0 Å². The summed E-state index contributed by atoms with van der Waals surface area (Å²) in [5.41, 5.74) is 0.644. The molecule has 3 heteroatoms. The van der Waals surface area contributed by atoms with Crippen molar-refractivity contribution >= 4 is 5.69 Å². The van der Waals surface area contributed by atoms with Crippen LogP contribution in [0.1, 0.15) is 19.3 Å². The molecule has 0 aromatic heterocycles. The molecule has 1 heterocycles. The number of rotatable bonds is 3. The maximum absolute atomic E-state index is 13.4. The minimum atomic E-state index is -0.146. The molecule has 86 valence electrons. The van der Waals surface area contributed by atoms with Crippen molar-refractivity contribution in [3.05, 3.63) is 30.1 Å². The van der Waals surface area contributed by atoms with Crippen LogP contribution in [0.3, 0.4) is 0 Å². The van der Waals surface area contributed by atoms with Crippen LogP contribution in [0.2, 0.25) is 0 Å². The van der Waals surface area contributed by atoms with Crippen molar-refractivity contribution in [1.82, 2.24) is 4.90 Å². The second kappa shape index (κ2) is 4.06. The number of halogens is 1. The van der Waals surface area contributed by atoms with E-state index in [2.05, 4.69) is 10.2 Å². The third kappa shape index (κ3) is 2.05. The minimum absolute atomic E-state index is 0.146. The molecule has 1 unspecified atom stereocenters. The van der Waals surface area contributed by atoms with E-state index in [-0.39, 0.29) is 5.82 Å². The van der Waals surface area contributed by atoms with Gasteiger partial charge in [-0.25, -0.2) is 4.39 Å². The van der Waals surface area contributed by atoms with Crippen LogP contribution in [0.4, 0.5) is 10.1 Å². The molecule has 3 rings (SSSR count). The molecule has 1 aliphatic heterocycles. The smallest absolute Gasteiger partial charge is 0.146 e. The van der Waals surface area contributed by atoms with Crippen LogP contribution >= 0.6 is 0 Å². The van der Waals surface area contributed by atoms with Gasteiger partial charge in [-0.15, -0.1) is 0 Å². The SMILES string of the molecule is Fc1ccccc1NC1CCN(C2CC2)C1. The van der Waals surface area contributed by atoms with E-state index in [4.69, 9.17) is 0 Å². The molecule has 1 aromatic rings. The minimum Gasteiger partial charge on any atom is -0.379 e. The first-order valence-electron chi connectivity index (χ1n) is 6.08. The number of hydrogen-bond acceptors (Lipinski definition) is 2. The topological polar surface area (TPSA) is 15.3 Å². The molecule has 0 spiro atoms. The zero-order valence-electron chi connectivity index (χ0n) is 9.32. The van der Waals surface area contributed by atoms with E-state index >= 15 is 0 Å². The quantitative estimate of drug-likeness (QED) is 0.841. The summed E-state index contributed by atoms with van der Waals surface area (Å²) < 4.78 is 13.4. The third-order valence-electron chi connectivity index (χ3n) is 3.52. The lowest BCUT2D eigenvalue weighted by atomic mass is 10.2. The van der Waals surface area contributed by atoms with Gasteiger partial charge in [0.15, 0.2) is 0 Å². The Kier molecular flexibility index (Phi) is 2.56. The molecule has 2 aliphatic rings. The Labute approximate surface area is 95.4 Å². The summed E-state index contributed by atoms with van der Waals surface area (Å²) in [7, 11) is 0. The molecule has 0 radical (unpaired) electrons. The van der Waals surface area contributed by atoms with Gasteiger partial charge in [-0.1, -0.05) is 12.1 Å². The Morgan fingerprint density at radius 2 is 2.00 bits per heavy atom. The van der Waals surface area contributed by atoms with Gasteiger partial charge in [0, 0.05) is 25.2 Å². The van der Waals surface area contributed by atoms with Crippen LogP contribution in [0.5, 0.6) is 0 Å². The predicted molar refractivity (Wildman–Crippen MR) is 63.0 cm³/mol. The highest BCUT2D eigenvalue weighted by atomic mass is 19.1. The summed E-state index contributed by atoms with van der Waals surface area (Å²) in [6.07, 6.45) is 3.84. The van der Waals surface area contributed by atoms with Gasteiger partial charge in [-0.3, -0.25) is 4.90 Å². The molecule has 16 heavy (non-hydrogen) atoms. The summed E-state index contributed by atoms with van der Waals surface area (Å²) in [5.74, 6) is -0.146. The first kappa shape index (κ1) is 10.1. The van der Waals surface area contributed by atoms with Crippen LogP contribution < -0.4 is 5.32 Å². The molecule has 1 N–H and O–H groups in total. The summed E-state index contributed by atoms with van der Waals surface area (Å²) in [4.78, 5) is 2.53. The van der Waals surface area contributed by atoms with Gasteiger partial charge >= 0.3 is 0 Å². The standard InChI is InChI=1S/C13H17FN2/c14-12-3-1-2-4-13(12)15-10-7-8-16(9-10)11-5-6-11/h1-4,10-11,15H,5-9H2. The third-order valence-corrected chi connectivity index (χ3v) is 3.52. The van der Waals surface area contributed by atoms with Gasteiger partial charge in [0.2, 0.25) is 0 Å². The first-order chi connectivity index (χ1) is 7.83. The molecule has 2 nitrogen and oxygen atoms in total. The molecule has 1 saturated carbocycles. The summed E-state index contributed by atoms with van der Waals surface area (Å²) in [6, 6.07) is 8.17. The number of hydrogen-bond donors (Lipinski definition) is 1. The maximum Gasteiger partial charge on any atom is 0.146 e. The fourth-order valence-electron chi connectivity index (χ4n) is 2.47. The van der Waals surface area contributed by atoms with Crippen LogP contribution in [-0.2, 0) is 0 Å². The second-order valence-corrected chi connectivity index (χ2v) is 4.84. The normalized spacial score (nSPS) is 25.9. The fraction of sp³-hybridized carbons (Fsp3) is 0.538. The maximum atomic E-state index is 13.4. The Bertz CT molecular complexity index is 376. The fourth-order valence-corrected chi connectivity index (χ4v) is 2.47. The summed E-state index contributed by atoms with van der Waals surface area (Å²) in [6.45, 7) is 2.23. The van der Waals surface area contributed by atoms with Crippen molar-refractivity contribution in [2.45, 2.75) is 31.3 Å². The number of benzene rings is 1. The number of para-hydroxylation sites is 1. The van der Waals surface area contributed by atoms with Crippen LogP contribution in [0.25, 0.3) is 0 Å². The van der Waals surface area contributed by atoms with Crippen LogP contribution in [0.15, 0.2) is 24.3 Å². The molecular weight excluding hydrogens is 203 g/mol. The monoisotopic (exact) mass is 220 g/mol. The summed E-state index contributed by atoms with van der Waals surface area (Å²) >= 11 is 0. The lowest BCUT2D eigenvalue weighted by Crippen LogP contribution is -2.27. The van der Waals surface area contributed by atoms with Crippen molar-refractivity contribution in [1.29, 1.82) is 0 Å². The highest BCUT2D eigenvalue weighted by molar-refractivity contribution is 5.45. The molecule has 0 amide bonds. The second-order valence-electron chi connectivity index (χ2n) is 4.84. The number of nitrogens with zero attached hydrogens (tertiary/aromatic N) is 1. The van der Waals surface area contributed by atoms with E-state index in [0.29, 0.717) is 11.7 Å². The van der Waals surface area contributed by atoms with Crippen molar-refractivity contribution in [2.24, 2.45) is 0 Å². The van der Waals surface area contributed by atoms with Crippen molar-refractivity contribution in [2.75, 3.05) is 18.4 Å². The van der Waals surface area contributed by atoms with Gasteiger partial charge in [0.1, 0.15) is 5.82 Å². The van der Waals surface area contributed by atoms with Crippen LogP contribution in [-0.4, -0.2) is 30.1 Å². The van der Waals surface area contributed by atoms with Gasteiger partial charge < -0.3 is 5.32 Å². The Hall–Kier alpha value is -1.09. The van der Waals surface area contributed by atoms with Crippen molar-refractivity contribution in [3.63, 3.8) is 0 Å². The van der Waals surface area contributed by atoms with Gasteiger partial charge in [-0.05, 0) is 31.4 Å². The average Bonchev–Trinajstić information content (AvgIpc) is 3.03. The lowest BCUT2D eigenvalue weighted by Gasteiger charge is -2.16. The zero-order valence-corrected chi connectivity index (χ0v) is 9.32. The van der Waals surface area contributed by atoms with Crippen LogP contribution in [0, 0.1) is 5.82 Å². The Morgan fingerprint density at radius 1 is 1.19 bits per heavy atom. The number of anilines is 1. The lowest BCUT2D eigenvalue weighted by molar-refractivity contribution is 0.326. The van der Waals surface area contributed by atoms with E-state index in [1.54, 1.807) is 6.07 Å². The molecule has 0 bridgehead atoms. The van der Waals surface area contributed by atoms with Gasteiger partial charge in [-0.2, -0.15) is 0 Å². The highest BCUT2D eigenvalue weighted by Crippen LogP contribution is 2.30. The number of nitrogens with one attached hydrogen (secondary N) is 1. The molecule has 2 fully saturated rings. The Balaban J connectivity index is 1.61. The van der Waals surface area contributed by atoms with E-state index in [1.165, 1.54) is 18.9 Å². The van der Waals surface area contributed by atoms with E-state index in [1.807, 2.05) is 12.1 Å². The van der Waals surface area contributed by atoms with E-state index in [9.17, 15) is 4.39 Å². The predicted octanol–water partition coefficient (Wildman–Crippen LogP) is 2.47. The molecule has 1 saturated heterocycles. The molecular formula is C13H17FN2. The largest absolute Gasteiger partial charge is 0.379 e. The van der Waals surface area contributed by atoms with Gasteiger partial charge in [0.25, 0.3) is 0 Å². The van der Waals surface area contributed by atoms with E-state index in [0.717, 1.165) is 25.6 Å². The average molecular weight is 220 g/mol. The number of likely N-dealkylation sites (tertiary alicyclic amines) is 1. The van der Waals surface area contributed by atoms with Gasteiger partial charge in [0.05, 0.1) is 5.69 Å². The molecule has 1 aromatic carbocycles. The van der Waals surface area contributed by atoms with Crippen molar-refractivity contribution in [3.8, 4) is 0 Å². The van der Waals surface area contributed by atoms with Crippen molar-refractivity contribution < 1.29 is 4.39 Å². The summed E-state index contributed by atoms with van der Waals surface area (Å²) in [5, 5.41) is 3.31. The highest BCUT2D eigenvalue weighted by Gasteiger charge is 2.34. The molecule has 1 atom stereocenters. The first-order valence-corrected chi connectivity index (χ1v) is 6.08. The molecule has 1 aliphatic carbocycles.